The van der Waals surface area contributed by atoms with Crippen LogP contribution in [0.3, 0.4) is 0 Å². The molecule has 0 aromatic heterocycles. The lowest BCUT2D eigenvalue weighted by Gasteiger charge is -2.26. The molecule has 1 aromatic rings. The number of carboxylic acids is 1. The molecule has 5 heteroatoms. The molecule has 1 aliphatic rings. The van der Waals surface area contributed by atoms with Crippen molar-refractivity contribution in [2.75, 3.05) is 40.3 Å². The van der Waals surface area contributed by atoms with Crippen LogP contribution in [0.5, 0.6) is 5.75 Å². The van der Waals surface area contributed by atoms with Crippen LogP contribution in [-0.4, -0.2) is 67.3 Å². The van der Waals surface area contributed by atoms with Crippen LogP contribution in [0.2, 0.25) is 0 Å². The lowest BCUT2D eigenvalue weighted by molar-refractivity contribution is 0.0696. The van der Waals surface area contributed by atoms with E-state index in [-0.39, 0.29) is 5.56 Å². The molecular weight excluding hydrogens is 268 g/mol. The Morgan fingerprint density at radius 2 is 2.29 bits per heavy atom. The Labute approximate surface area is 126 Å². The molecule has 0 aliphatic carbocycles. The number of hydrogen-bond acceptors (Lipinski definition) is 4. The van der Waals surface area contributed by atoms with Crippen molar-refractivity contribution in [1.29, 1.82) is 0 Å². The van der Waals surface area contributed by atoms with Crippen LogP contribution in [0.25, 0.3) is 0 Å². The molecule has 0 spiro atoms. The summed E-state index contributed by atoms with van der Waals surface area (Å²) in [5.74, 6) is -0.302. The Bertz CT molecular complexity index is 476. The van der Waals surface area contributed by atoms with Crippen molar-refractivity contribution in [3.05, 3.63) is 29.8 Å². The van der Waals surface area contributed by atoms with Gasteiger partial charge in [0.2, 0.25) is 0 Å². The molecule has 1 atom stereocenters. The van der Waals surface area contributed by atoms with Gasteiger partial charge < -0.3 is 14.7 Å². The van der Waals surface area contributed by atoms with Gasteiger partial charge in [0.25, 0.3) is 0 Å². The molecular formula is C16H24N2O3. The minimum absolute atomic E-state index is 0.263. The van der Waals surface area contributed by atoms with Gasteiger partial charge in [0.15, 0.2) is 0 Å². The first-order valence-corrected chi connectivity index (χ1v) is 7.41. The van der Waals surface area contributed by atoms with E-state index >= 15 is 0 Å². The average molecular weight is 292 g/mol. The molecule has 1 fully saturated rings. The predicted molar refractivity (Wildman–Crippen MR) is 82.0 cm³/mol. The van der Waals surface area contributed by atoms with E-state index in [2.05, 4.69) is 23.9 Å². The van der Waals surface area contributed by atoms with Crippen LogP contribution in [-0.2, 0) is 0 Å². The number of benzene rings is 1. The fourth-order valence-electron chi connectivity index (χ4n) is 2.82. The van der Waals surface area contributed by atoms with Crippen molar-refractivity contribution in [1.82, 2.24) is 9.80 Å². The second-order valence-corrected chi connectivity index (χ2v) is 5.78. The summed E-state index contributed by atoms with van der Waals surface area (Å²) in [4.78, 5) is 15.6. The lowest BCUT2D eigenvalue weighted by Crippen LogP contribution is -2.39. The smallest absolute Gasteiger partial charge is 0.335 e. The zero-order valence-electron chi connectivity index (χ0n) is 12.8. The fourth-order valence-corrected chi connectivity index (χ4v) is 2.82. The van der Waals surface area contributed by atoms with E-state index in [4.69, 9.17) is 9.84 Å². The summed E-state index contributed by atoms with van der Waals surface area (Å²) in [6.07, 6.45) is 2.49. The zero-order valence-corrected chi connectivity index (χ0v) is 12.8. The SMILES string of the molecule is CN(C)CC1CCCN1CCOc1cccc(C(=O)O)c1. The van der Waals surface area contributed by atoms with Gasteiger partial charge in [-0.1, -0.05) is 6.07 Å². The highest BCUT2D eigenvalue weighted by Gasteiger charge is 2.24. The van der Waals surface area contributed by atoms with Crippen LogP contribution in [0.15, 0.2) is 24.3 Å². The molecule has 1 N–H and O–H groups in total. The first-order valence-electron chi connectivity index (χ1n) is 7.41. The number of nitrogens with zero attached hydrogens (tertiary/aromatic N) is 2. The maximum atomic E-state index is 10.9. The molecule has 1 saturated heterocycles. The molecule has 1 unspecified atom stereocenters. The van der Waals surface area contributed by atoms with Crippen molar-refractivity contribution in [3.63, 3.8) is 0 Å². The van der Waals surface area contributed by atoms with Crippen molar-refractivity contribution >= 4 is 5.97 Å². The zero-order chi connectivity index (χ0) is 15.2. The number of hydrogen-bond donors (Lipinski definition) is 1. The average Bonchev–Trinajstić information content (AvgIpc) is 2.86. The topological polar surface area (TPSA) is 53.0 Å². The van der Waals surface area contributed by atoms with Crippen molar-refractivity contribution in [2.45, 2.75) is 18.9 Å². The van der Waals surface area contributed by atoms with E-state index < -0.39 is 5.97 Å². The van der Waals surface area contributed by atoms with Crippen LogP contribution < -0.4 is 4.74 Å². The van der Waals surface area contributed by atoms with E-state index in [1.807, 2.05) is 0 Å². The van der Waals surface area contributed by atoms with Gasteiger partial charge in [-0.25, -0.2) is 4.79 Å². The number of likely N-dealkylation sites (tertiary alicyclic amines) is 1. The van der Waals surface area contributed by atoms with Crippen LogP contribution in [0.1, 0.15) is 23.2 Å². The third-order valence-electron chi connectivity index (χ3n) is 3.80. The van der Waals surface area contributed by atoms with Gasteiger partial charge in [0, 0.05) is 19.1 Å². The molecule has 116 valence electrons. The third kappa shape index (κ3) is 4.72. The minimum atomic E-state index is -0.925. The lowest BCUT2D eigenvalue weighted by atomic mass is 10.2. The second kappa shape index (κ2) is 7.43. The molecule has 0 amide bonds. The first-order chi connectivity index (χ1) is 10.1. The number of likely N-dealkylation sites (N-methyl/N-ethyl adjacent to an activating group) is 1. The van der Waals surface area contributed by atoms with Gasteiger partial charge in [-0.05, 0) is 51.7 Å². The maximum absolute atomic E-state index is 10.9. The Morgan fingerprint density at radius 1 is 1.48 bits per heavy atom. The normalized spacial score (nSPS) is 19.1. The molecule has 1 aromatic carbocycles. The summed E-state index contributed by atoms with van der Waals surface area (Å²) < 4.78 is 5.69. The second-order valence-electron chi connectivity index (χ2n) is 5.78. The van der Waals surface area contributed by atoms with Gasteiger partial charge >= 0.3 is 5.97 Å². The van der Waals surface area contributed by atoms with Gasteiger partial charge in [-0.2, -0.15) is 0 Å². The van der Waals surface area contributed by atoms with Crippen molar-refractivity contribution < 1.29 is 14.6 Å². The van der Waals surface area contributed by atoms with Gasteiger partial charge in [0.05, 0.1) is 5.56 Å². The summed E-state index contributed by atoms with van der Waals surface area (Å²) in [5.41, 5.74) is 0.263. The van der Waals surface area contributed by atoms with Gasteiger partial charge in [-0.3, -0.25) is 4.90 Å². The van der Waals surface area contributed by atoms with Crippen molar-refractivity contribution in [2.24, 2.45) is 0 Å². The number of rotatable bonds is 7. The van der Waals surface area contributed by atoms with Crippen LogP contribution in [0, 0.1) is 0 Å². The molecule has 0 radical (unpaired) electrons. The van der Waals surface area contributed by atoms with Crippen LogP contribution >= 0.6 is 0 Å². The molecule has 1 aliphatic heterocycles. The van der Waals surface area contributed by atoms with Crippen molar-refractivity contribution in [3.8, 4) is 5.75 Å². The van der Waals surface area contributed by atoms with E-state index in [1.165, 1.54) is 12.8 Å². The van der Waals surface area contributed by atoms with E-state index in [0.717, 1.165) is 19.6 Å². The largest absolute Gasteiger partial charge is 0.492 e. The number of aromatic carboxylic acids is 1. The number of carbonyl (C=O) groups is 1. The van der Waals surface area contributed by atoms with Gasteiger partial charge in [0.1, 0.15) is 12.4 Å². The van der Waals surface area contributed by atoms with E-state index in [0.29, 0.717) is 18.4 Å². The van der Waals surface area contributed by atoms with Gasteiger partial charge in [-0.15, -0.1) is 0 Å². The summed E-state index contributed by atoms with van der Waals surface area (Å²) in [5, 5.41) is 8.96. The Hall–Kier alpha value is -1.59. The Morgan fingerprint density at radius 3 is 3.00 bits per heavy atom. The summed E-state index contributed by atoms with van der Waals surface area (Å²) in [6.45, 7) is 3.67. The predicted octanol–water partition coefficient (Wildman–Crippen LogP) is 1.79. The molecule has 2 rings (SSSR count). The minimum Gasteiger partial charge on any atom is -0.492 e. The summed E-state index contributed by atoms with van der Waals surface area (Å²) in [6, 6.07) is 7.26. The summed E-state index contributed by atoms with van der Waals surface area (Å²) >= 11 is 0. The standard InChI is InChI=1S/C16H24N2O3/c1-17(2)12-14-6-4-8-18(14)9-10-21-15-7-3-5-13(11-15)16(19)20/h3,5,7,11,14H,4,6,8-10,12H2,1-2H3,(H,19,20). The first kappa shape index (κ1) is 15.8. The molecule has 1 heterocycles. The number of carboxylic acid groups (broad SMARTS) is 1. The number of ether oxygens (including phenoxy) is 1. The quantitative estimate of drug-likeness (QED) is 0.830. The van der Waals surface area contributed by atoms with E-state index in [1.54, 1.807) is 24.3 Å². The molecule has 0 saturated carbocycles. The fraction of sp³-hybridized carbons (Fsp3) is 0.562. The Kier molecular flexibility index (Phi) is 5.59. The highest BCUT2D eigenvalue weighted by Crippen LogP contribution is 2.18. The Balaban J connectivity index is 1.81. The molecule has 5 nitrogen and oxygen atoms in total. The highest BCUT2D eigenvalue weighted by atomic mass is 16.5. The summed E-state index contributed by atoms with van der Waals surface area (Å²) in [7, 11) is 4.20. The highest BCUT2D eigenvalue weighted by molar-refractivity contribution is 5.87. The van der Waals surface area contributed by atoms with Crippen LogP contribution in [0.4, 0.5) is 0 Å². The monoisotopic (exact) mass is 292 g/mol. The maximum Gasteiger partial charge on any atom is 0.335 e. The van der Waals surface area contributed by atoms with E-state index in [9.17, 15) is 4.79 Å². The molecule has 0 bridgehead atoms. The third-order valence-corrected chi connectivity index (χ3v) is 3.80. The molecule has 21 heavy (non-hydrogen) atoms.